The van der Waals surface area contributed by atoms with Crippen molar-refractivity contribution < 1.29 is 4.79 Å². The molecule has 0 saturated heterocycles. The Balaban J connectivity index is 1.32. The zero-order valence-electron chi connectivity index (χ0n) is 12.4. The molecule has 0 aromatic heterocycles. The summed E-state index contributed by atoms with van der Waals surface area (Å²) < 4.78 is 0. The van der Waals surface area contributed by atoms with Gasteiger partial charge in [-0.25, -0.2) is 0 Å². The van der Waals surface area contributed by atoms with Crippen molar-refractivity contribution in [1.29, 1.82) is 0 Å². The highest BCUT2D eigenvalue weighted by Gasteiger charge is 2.51. The molecule has 5 saturated carbocycles. The van der Waals surface area contributed by atoms with Gasteiger partial charge < -0.3 is 11.1 Å². The minimum atomic E-state index is 0.190. The molecule has 0 aliphatic heterocycles. The molecule has 5 fully saturated rings. The van der Waals surface area contributed by atoms with E-state index in [1.165, 1.54) is 51.4 Å². The fourth-order valence-electron chi connectivity index (χ4n) is 5.83. The monoisotopic (exact) mass is 276 g/mol. The van der Waals surface area contributed by atoms with Crippen molar-refractivity contribution in [3.05, 3.63) is 0 Å². The first-order valence-electron chi connectivity index (χ1n) is 8.64. The van der Waals surface area contributed by atoms with Crippen molar-refractivity contribution in [2.45, 2.75) is 63.8 Å². The minimum absolute atomic E-state index is 0.190. The van der Waals surface area contributed by atoms with Gasteiger partial charge in [0.05, 0.1) is 0 Å². The van der Waals surface area contributed by atoms with Crippen molar-refractivity contribution in [3.63, 3.8) is 0 Å². The van der Waals surface area contributed by atoms with Crippen LogP contribution in [0.2, 0.25) is 0 Å². The number of nitrogens with two attached hydrogens (primary N) is 1. The first-order valence-corrected chi connectivity index (χ1v) is 8.64. The van der Waals surface area contributed by atoms with Gasteiger partial charge in [-0.05, 0) is 80.5 Å². The van der Waals surface area contributed by atoms with Gasteiger partial charge in [-0.3, -0.25) is 4.79 Å². The van der Waals surface area contributed by atoms with Gasteiger partial charge in [0.25, 0.3) is 0 Å². The second kappa shape index (κ2) is 4.72. The van der Waals surface area contributed by atoms with Crippen LogP contribution in [-0.4, -0.2) is 18.5 Å². The van der Waals surface area contributed by atoms with Gasteiger partial charge in [-0.1, -0.05) is 0 Å². The third-order valence-corrected chi connectivity index (χ3v) is 6.46. The molecule has 0 spiro atoms. The number of hydrogen-bond donors (Lipinski definition) is 2. The van der Waals surface area contributed by atoms with Crippen LogP contribution in [0.25, 0.3) is 0 Å². The van der Waals surface area contributed by atoms with E-state index in [1.807, 2.05) is 0 Å². The average molecular weight is 276 g/mol. The lowest BCUT2D eigenvalue weighted by atomic mass is 9.49. The van der Waals surface area contributed by atoms with Gasteiger partial charge in [-0.2, -0.15) is 0 Å². The van der Waals surface area contributed by atoms with E-state index in [4.69, 9.17) is 5.73 Å². The zero-order chi connectivity index (χ0) is 13.7. The molecule has 3 N–H and O–H groups in total. The minimum Gasteiger partial charge on any atom is -0.355 e. The summed E-state index contributed by atoms with van der Waals surface area (Å²) in [6, 6.07) is 0.190. The summed E-state index contributed by atoms with van der Waals surface area (Å²) >= 11 is 0. The van der Waals surface area contributed by atoms with Gasteiger partial charge in [0.2, 0.25) is 5.91 Å². The Morgan fingerprint density at radius 2 is 1.65 bits per heavy atom. The van der Waals surface area contributed by atoms with Gasteiger partial charge in [0.15, 0.2) is 0 Å². The predicted molar refractivity (Wildman–Crippen MR) is 78.9 cm³/mol. The molecule has 1 amide bonds. The highest BCUT2D eigenvalue weighted by atomic mass is 16.1. The third kappa shape index (κ3) is 2.49. The van der Waals surface area contributed by atoms with Gasteiger partial charge >= 0.3 is 0 Å². The summed E-state index contributed by atoms with van der Waals surface area (Å²) in [6.45, 7) is 0.690. The summed E-state index contributed by atoms with van der Waals surface area (Å²) in [7, 11) is 0. The van der Waals surface area contributed by atoms with E-state index < -0.39 is 0 Å². The maximum atomic E-state index is 12.3. The Labute approximate surface area is 122 Å². The van der Waals surface area contributed by atoms with Crippen LogP contribution in [0.4, 0.5) is 0 Å². The molecular weight excluding hydrogens is 248 g/mol. The SMILES string of the molecule is NC(CNC(=O)CC12CC3CC(CC(C3)C1)C2)C1CC1. The first kappa shape index (κ1) is 13.1. The molecule has 20 heavy (non-hydrogen) atoms. The number of rotatable bonds is 5. The normalized spacial score (nSPS) is 43.5. The largest absolute Gasteiger partial charge is 0.355 e. The number of amides is 1. The zero-order valence-corrected chi connectivity index (χ0v) is 12.4. The lowest BCUT2D eigenvalue weighted by Crippen LogP contribution is -2.48. The lowest BCUT2D eigenvalue weighted by molar-refractivity contribution is -0.129. The number of carbonyl (C=O) groups is 1. The third-order valence-electron chi connectivity index (χ3n) is 6.46. The molecule has 0 aromatic rings. The molecule has 5 aliphatic carbocycles. The van der Waals surface area contributed by atoms with Gasteiger partial charge in [0, 0.05) is 19.0 Å². The Hall–Kier alpha value is -0.570. The number of carbonyl (C=O) groups excluding carboxylic acids is 1. The molecule has 5 aliphatic rings. The Bertz CT molecular complexity index is 367. The Morgan fingerprint density at radius 3 is 2.15 bits per heavy atom. The molecule has 3 nitrogen and oxygen atoms in total. The maximum absolute atomic E-state index is 12.3. The van der Waals surface area contributed by atoms with E-state index in [0.29, 0.717) is 17.9 Å². The summed E-state index contributed by atoms with van der Waals surface area (Å²) in [5.74, 6) is 3.74. The molecule has 112 valence electrons. The van der Waals surface area contributed by atoms with Crippen molar-refractivity contribution in [2.75, 3.05) is 6.54 Å². The smallest absolute Gasteiger partial charge is 0.220 e. The van der Waals surface area contributed by atoms with Crippen LogP contribution in [0.1, 0.15) is 57.8 Å². The molecule has 1 atom stereocenters. The van der Waals surface area contributed by atoms with Gasteiger partial charge in [0.1, 0.15) is 0 Å². The van der Waals surface area contributed by atoms with Crippen LogP contribution in [0.5, 0.6) is 0 Å². The van der Waals surface area contributed by atoms with Crippen LogP contribution in [0, 0.1) is 29.1 Å². The molecule has 4 bridgehead atoms. The second-order valence-electron chi connectivity index (χ2n) is 8.40. The molecular formula is C17H28N2O. The summed E-state index contributed by atoms with van der Waals surface area (Å²) in [5, 5.41) is 3.11. The topological polar surface area (TPSA) is 55.1 Å². The fourth-order valence-corrected chi connectivity index (χ4v) is 5.83. The highest BCUT2D eigenvalue weighted by Crippen LogP contribution is 2.61. The number of hydrogen-bond acceptors (Lipinski definition) is 2. The van der Waals surface area contributed by atoms with Crippen LogP contribution in [-0.2, 0) is 4.79 Å². The number of nitrogens with one attached hydrogen (secondary N) is 1. The van der Waals surface area contributed by atoms with Gasteiger partial charge in [-0.15, -0.1) is 0 Å². The summed E-state index contributed by atoms with van der Waals surface area (Å²) in [4.78, 5) is 12.3. The molecule has 0 aromatic carbocycles. The van der Waals surface area contributed by atoms with Crippen LogP contribution in [0.15, 0.2) is 0 Å². The standard InChI is InChI=1S/C17H28N2O/c18-15(14-1-2-14)10-19-16(20)9-17-6-11-3-12(7-17)5-13(4-11)8-17/h11-15H,1-10,18H2,(H,19,20). The first-order chi connectivity index (χ1) is 9.62. The van der Waals surface area contributed by atoms with E-state index in [2.05, 4.69) is 5.32 Å². The van der Waals surface area contributed by atoms with E-state index in [9.17, 15) is 4.79 Å². The Morgan fingerprint density at radius 1 is 1.10 bits per heavy atom. The summed E-state index contributed by atoms with van der Waals surface area (Å²) in [6.07, 6.45) is 11.6. The van der Waals surface area contributed by atoms with Crippen LogP contribution < -0.4 is 11.1 Å². The molecule has 1 unspecified atom stereocenters. The van der Waals surface area contributed by atoms with Crippen molar-refractivity contribution in [2.24, 2.45) is 34.8 Å². The van der Waals surface area contributed by atoms with Crippen LogP contribution >= 0.6 is 0 Å². The van der Waals surface area contributed by atoms with E-state index >= 15 is 0 Å². The second-order valence-corrected chi connectivity index (χ2v) is 8.40. The molecule has 5 rings (SSSR count). The van der Waals surface area contributed by atoms with Crippen molar-refractivity contribution >= 4 is 5.91 Å². The Kier molecular flexibility index (Phi) is 3.10. The summed E-state index contributed by atoms with van der Waals surface area (Å²) in [5.41, 5.74) is 6.44. The molecule has 0 heterocycles. The fraction of sp³-hybridized carbons (Fsp3) is 0.941. The maximum Gasteiger partial charge on any atom is 0.220 e. The molecule has 3 heteroatoms. The molecule has 0 radical (unpaired) electrons. The average Bonchev–Trinajstić information content (AvgIpc) is 3.17. The van der Waals surface area contributed by atoms with Crippen LogP contribution in [0.3, 0.4) is 0 Å². The van der Waals surface area contributed by atoms with E-state index in [0.717, 1.165) is 24.2 Å². The van der Waals surface area contributed by atoms with E-state index in [-0.39, 0.29) is 11.9 Å². The van der Waals surface area contributed by atoms with Crippen molar-refractivity contribution in [3.8, 4) is 0 Å². The van der Waals surface area contributed by atoms with Crippen molar-refractivity contribution in [1.82, 2.24) is 5.32 Å². The predicted octanol–water partition coefficient (Wildman–Crippen LogP) is 2.45. The van der Waals surface area contributed by atoms with E-state index in [1.54, 1.807) is 0 Å². The highest BCUT2D eigenvalue weighted by molar-refractivity contribution is 5.76. The quantitative estimate of drug-likeness (QED) is 0.810. The lowest BCUT2D eigenvalue weighted by Gasteiger charge is -2.56.